The van der Waals surface area contributed by atoms with Crippen LogP contribution in [-0.4, -0.2) is 24.4 Å². The van der Waals surface area contributed by atoms with Gasteiger partial charge in [-0.15, -0.1) is 0 Å². The van der Waals surface area contributed by atoms with Crippen LogP contribution in [0.25, 0.3) is 27.5 Å². The molecular formula is C24H18F3N5O2. The minimum absolute atomic E-state index is 0.294. The van der Waals surface area contributed by atoms with Crippen LogP contribution >= 0.6 is 0 Å². The fraction of sp³-hybridized carbons (Fsp3) is 0.125. The molecule has 1 unspecified atom stereocenters. The fourth-order valence-electron chi connectivity index (χ4n) is 3.91. The largest absolute Gasteiger partial charge is 0.416 e. The summed E-state index contributed by atoms with van der Waals surface area (Å²) in [6.45, 7) is 0. The molecule has 0 amide bonds. The van der Waals surface area contributed by atoms with Crippen LogP contribution in [0.3, 0.4) is 0 Å². The van der Waals surface area contributed by atoms with Gasteiger partial charge in [-0.1, -0.05) is 6.07 Å². The second kappa shape index (κ2) is 7.99. The Hall–Kier alpha value is -4.18. The Morgan fingerprint density at radius 1 is 1.03 bits per heavy atom. The summed E-state index contributed by atoms with van der Waals surface area (Å²) in [4.78, 5) is 17.4. The molecule has 0 aliphatic carbocycles. The van der Waals surface area contributed by atoms with E-state index in [1.54, 1.807) is 55.8 Å². The lowest BCUT2D eigenvalue weighted by atomic mass is 10.1. The summed E-state index contributed by atoms with van der Waals surface area (Å²) < 4.78 is 41.9. The third-order valence-corrected chi connectivity index (χ3v) is 5.48. The van der Waals surface area contributed by atoms with Gasteiger partial charge in [0.15, 0.2) is 6.23 Å². The van der Waals surface area contributed by atoms with E-state index in [1.165, 1.54) is 21.4 Å². The maximum atomic E-state index is 13.3. The lowest BCUT2D eigenvalue weighted by Gasteiger charge is -2.16. The van der Waals surface area contributed by atoms with Crippen LogP contribution in [0.5, 0.6) is 0 Å². The Morgan fingerprint density at radius 2 is 1.79 bits per heavy atom. The first-order valence-corrected chi connectivity index (χ1v) is 10.3. The molecule has 0 bridgehead atoms. The van der Waals surface area contributed by atoms with Crippen LogP contribution in [0.2, 0.25) is 0 Å². The van der Waals surface area contributed by atoms with Gasteiger partial charge in [-0.2, -0.15) is 18.3 Å². The number of nitrogens with one attached hydrogen (secondary N) is 1. The van der Waals surface area contributed by atoms with Crippen molar-refractivity contribution in [1.82, 2.24) is 19.3 Å². The predicted molar refractivity (Wildman–Crippen MR) is 122 cm³/mol. The van der Waals surface area contributed by atoms with Crippen molar-refractivity contribution in [3.05, 3.63) is 94.7 Å². The summed E-state index contributed by atoms with van der Waals surface area (Å²) in [5.74, 6) is 0. The van der Waals surface area contributed by atoms with Gasteiger partial charge in [-0.05, 0) is 54.6 Å². The zero-order valence-electron chi connectivity index (χ0n) is 17.8. The first-order valence-electron chi connectivity index (χ1n) is 10.3. The van der Waals surface area contributed by atoms with Crippen molar-refractivity contribution >= 4 is 27.5 Å². The number of hydrogen-bond donors (Lipinski definition) is 2. The van der Waals surface area contributed by atoms with E-state index in [0.29, 0.717) is 38.9 Å². The molecule has 0 spiro atoms. The zero-order valence-corrected chi connectivity index (χ0v) is 17.8. The third-order valence-electron chi connectivity index (χ3n) is 5.48. The number of aromatic nitrogens is 4. The van der Waals surface area contributed by atoms with Crippen LogP contribution in [0.1, 0.15) is 17.5 Å². The van der Waals surface area contributed by atoms with E-state index in [-0.39, 0.29) is 0 Å². The van der Waals surface area contributed by atoms with Gasteiger partial charge in [0, 0.05) is 36.2 Å². The van der Waals surface area contributed by atoms with Gasteiger partial charge in [-0.3, -0.25) is 19.0 Å². The molecule has 34 heavy (non-hydrogen) atoms. The molecule has 0 saturated carbocycles. The van der Waals surface area contributed by atoms with E-state index in [4.69, 9.17) is 0 Å². The molecule has 0 saturated heterocycles. The molecular weight excluding hydrogens is 447 g/mol. The minimum atomic E-state index is -4.48. The number of aliphatic hydroxyl groups excluding tert-OH is 1. The Balaban J connectivity index is 1.67. The normalized spacial score (nSPS) is 12.9. The standard InChI is InChI=1S/C24H18F3N5O2/c1-31-13-18-21(30-31)17-12-15(29-22(33)19-4-2-3-11-28-19)7-10-20(17)32(23(18)34)16-8-5-14(6-9-16)24(25,26)27/h2-13,22,29,33H,1H3. The molecule has 10 heteroatoms. The molecule has 2 aromatic carbocycles. The lowest BCUT2D eigenvalue weighted by molar-refractivity contribution is -0.137. The summed E-state index contributed by atoms with van der Waals surface area (Å²) in [6, 6.07) is 14.7. The highest BCUT2D eigenvalue weighted by atomic mass is 19.4. The zero-order chi connectivity index (χ0) is 24.0. The predicted octanol–water partition coefficient (Wildman–Crippen LogP) is 4.39. The molecule has 5 aromatic rings. The summed E-state index contributed by atoms with van der Waals surface area (Å²) in [5, 5.41) is 18.8. The molecule has 1 atom stereocenters. The number of rotatable bonds is 4. The van der Waals surface area contributed by atoms with E-state index in [0.717, 1.165) is 12.1 Å². The summed E-state index contributed by atoms with van der Waals surface area (Å²) in [5.41, 5.74) is 0.990. The van der Waals surface area contributed by atoms with Crippen LogP contribution in [0.15, 0.2) is 77.9 Å². The Morgan fingerprint density at radius 3 is 2.47 bits per heavy atom. The topological polar surface area (TPSA) is 85.0 Å². The number of anilines is 1. The monoisotopic (exact) mass is 465 g/mol. The average molecular weight is 465 g/mol. The maximum absolute atomic E-state index is 13.3. The number of benzene rings is 2. The van der Waals surface area contributed by atoms with E-state index in [1.807, 2.05) is 0 Å². The molecule has 0 aliphatic heterocycles. The second-order valence-electron chi connectivity index (χ2n) is 7.78. The highest BCUT2D eigenvalue weighted by molar-refractivity contribution is 6.04. The minimum Gasteiger partial charge on any atom is -0.368 e. The number of pyridine rings is 2. The number of hydrogen-bond acceptors (Lipinski definition) is 5. The van der Waals surface area contributed by atoms with Crippen molar-refractivity contribution in [1.29, 1.82) is 0 Å². The van der Waals surface area contributed by atoms with Gasteiger partial charge in [0.05, 0.1) is 22.2 Å². The summed E-state index contributed by atoms with van der Waals surface area (Å²) in [6.07, 6.45) is -2.41. The van der Waals surface area contributed by atoms with Crippen molar-refractivity contribution in [2.75, 3.05) is 5.32 Å². The number of halogens is 3. The molecule has 3 aromatic heterocycles. The van der Waals surface area contributed by atoms with Gasteiger partial charge in [0.1, 0.15) is 5.52 Å². The van der Waals surface area contributed by atoms with Crippen molar-refractivity contribution in [2.45, 2.75) is 12.4 Å². The molecule has 7 nitrogen and oxygen atoms in total. The highest BCUT2D eigenvalue weighted by Crippen LogP contribution is 2.31. The van der Waals surface area contributed by atoms with E-state index in [2.05, 4.69) is 15.4 Å². The number of fused-ring (bicyclic) bond motifs is 3. The van der Waals surface area contributed by atoms with Gasteiger partial charge in [0.25, 0.3) is 5.56 Å². The molecule has 0 radical (unpaired) electrons. The van der Waals surface area contributed by atoms with Gasteiger partial charge < -0.3 is 10.4 Å². The van der Waals surface area contributed by atoms with Gasteiger partial charge in [-0.25, -0.2) is 0 Å². The van der Waals surface area contributed by atoms with Crippen molar-refractivity contribution < 1.29 is 18.3 Å². The first kappa shape index (κ1) is 21.7. The van der Waals surface area contributed by atoms with Gasteiger partial charge >= 0.3 is 6.18 Å². The van der Waals surface area contributed by atoms with Crippen LogP contribution in [-0.2, 0) is 13.2 Å². The van der Waals surface area contributed by atoms with Gasteiger partial charge in [0.2, 0.25) is 0 Å². The van der Waals surface area contributed by atoms with E-state index >= 15 is 0 Å². The fourth-order valence-corrected chi connectivity index (χ4v) is 3.91. The number of aryl methyl sites for hydroxylation is 1. The average Bonchev–Trinajstić information content (AvgIpc) is 3.22. The number of alkyl halides is 3. The molecule has 5 rings (SSSR count). The molecule has 0 fully saturated rings. The second-order valence-corrected chi connectivity index (χ2v) is 7.78. The molecule has 172 valence electrons. The van der Waals surface area contributed by atoms with E-state index < -0.39 is 23.5 Å². The number of aliphatic hydroxyl groups is 1. The lowest BCUT2D eigenvalue weighted by Crippen LogP contribution is -2.19. The molecule has 3 heterocycles. The molecule has 0 aliphatic rings. The summed E-state index contributed by atoms with van der Waals surface area (Å²) >= 11 is 0. The van der Waals surface area contributed by atoms with Crippen LogP contribution < -0.4 is 10.9 Å². The Labute approximate surface area is 190 Å². The van der Waals surface area contributed by atoms with Crippen LogP contribution in [0, 0.1) is 0 Å². The Kier molecular flexibility index (Phi) is 5.09. The van der Waals surface area contributed by atoms with Crippen LogP contribution in [0.4, 0.5) is 18.9 Å². The SMILES string of the molecule is Cn1cc2c(=O)n(-c3ccc(C(F)(F)F)cc3)c3ccc(NC(O)c4ccccn4)cc3c2n1. The van der Waals surface area contributed by atoms with Crippen molar-refractivity contribution in [2.24, 2.45) is 7.05 Å². The number of nitrogens with zero attached hydrogens (tertiary/aromatic N) is 4. The van der Waals surface area contributed by atoms with Crippen molar-refractivity contribution in [3.63, 3.8) is 0 Å². The highest BCUT2D eigenvalue weighted by Gasteiger charge is 2.30. The van der Waals surface area contributed by atoms with E-state index in [9.17, 15) is 23.1 Å². The van der Waals surface area contributed by atoms with Crippen molar-refractivity contribution in [3.8, 4) is 5.69 Å². The maximum Gasteiger partial charge on any atom is 0.416 e. The Bertz CT molecular complexity index is 1560. The first-order chi connectivity index (χ1) is 16.2. The molecule has 2 N–H and O–H groups in total. The quantitative estimate of drug-likeness (QED) is 0.385. The summed E-state index contributed by atoms with van der Waals surface area (Å²) in [7, 11) is 1.68. The third kappa shape index (κ3) is 3.77. The smallest absolute Gasteiger partial charge is 0.368 e.